The first-order valence-corrected chi connectivity index (χ1v) is 5.78. The zero-order valence-electron chi connectivity index (χ0n) is 9.13. The molecule has 0 aliphatic heterocycles. The van der Waals surface area contributed by atoms with E-state index in [9.17, 15) is 0 Å². The van der Waals surface area contributed by atoms with Crippen LogP contribution >= 0.6 is 15.9 Å². The lowest BCUT2D eigenvalue weighted by atomic mass is 10.2. The highest BCUT2D eigenvalue weighted by atomic mass is 79.9. The zero-order valence-corrected chi connectivity index (χ0v) is 10.7. The van der Waals surface area contributed by atoms with E-state index in [1.54, 1.807) is 6.33 Å². The van der Waals surface area contributed by atoms with Gasteiger partial charge >= 0.3 is 0 Å². The van der Waals surface area contributed by atoms with Crippen LogP contribution in [0.5, 0.6) is 0 Å². The highest BCUT2D eigenvalue weighted by Crippen LogP contribution is 2.47. The van der Waals surface area contributed by atoms with Crippen molar-refractivity contribution in [2.75, 3.05) is 17.7 Å². The fourth-order valence-electron chi connectivity index (χ4n) is 1.52. The van der Waals surface area contributed by atoms with Crippen LogP contribution in [0.15, 0.2) is 10.8 Å². The first-order valence-electron chi connectivity index (χ1n) is 4.99. The van der Waals surface area contributed by atoms with Crippen molar-refractivity contribution in [1.82, 2.24) is 9.97 Å². The van der Waals surface area contributed by atoms with E-state index in [4.69, 9.17) is 0 Å². The molecule has 0 amide bonds. The third kappa shape index (κ3) is 2.07. The van der Waals surface area contributed by atoms with Gasteiger partial charge in [0.05, 0.1) is 0 Å². The van der Waals surface area contributed by atoms with Gasteiger partial charge < -0.3 is 10.6 Å². The molecule has 0 radical (unpaired) electrons. The van der Waals surface area contributed by atoms with Crippen molar-refractivity contribution in [2.45, 2.75) is 26.3 Å². The molecule has 4 nitrogen and oxygen atoms in total. The molecule has 1 atom stereocenters. The second kappa shape index (κ2) is 3.63. The van der Waals surface area contributed by atoms with E-state index in [1.807, 2.05) is 7.05 Å². The molecule has 0 saturated heterocycles. The average molecular weight is 271 g/mol. The van der Waals surface area contributed by atoms with Gasteiger partial charge in [0, 0.05) is 13.1 Å². The van der Waals surface area contributed by atoms with Crippen molar-refractivity contribution in [3.05, 3.63) is 10.8 Å². The summed E-state index contributed by atoms with van der Waals surface area (Å²) < 4.78 is 0.898. The fourth-order valence-corrected chi connectivity index (χ4v) is 2.04. The Balaban J connectivity index is 2.15. The summed E-state index contributed by atoms with van der Waals surface area (Å²) in [6.07, 6.45) is 2.76. The minimum Gasteiger partial charge on any atom is -0.372 e. The normalized spacial score (nSPS) is 22.3. The quantitative estimate of drug-likeness (QED) is 0.886. The summed E-state index contributed by atoms with van der Waals surface area (Å²) in [6, 6.07) is 0.522. The van der Waals surface area contributed by atoms with E-state index in [0.29, 0.717) is 11.5 Å². The van der Waals surface area contributed by atoms with Gasteiger partial charge in [0.1, 0.15) is 22.4 Å². The summed E-state index contributed by atoms with van der Waals surface area (Å²) in [7, 11) is 1.85. The standard InChI is InChI=1S/C10H15BrN4/c1-10(2)4-6(10)15-9-7(11)8(12-3)13-5-14-9/h5-6H,4H2,1-3H3,(H2,12,13,14,15). The summed E-state index contributed by atoms with van der Waals surface area (Å²) in [5, 5.41) is 6.42. The van der Waals surface area contributed by atoms with Gasteiger partial charge in [-0.05, 0) is 27.8 Å². The van der Waals surface area contributed by atoms with E-state index in [1.165, 1.54) is 6.42 Å². The molecule has 82 valence electrons. The predicted octanol–water partition coefficient (Wildman–Crippen LogP) is 2.49. The summed E-state index contributed by atoms with van der Waals surface area (Å²) in [5.74, 6) is 1.68. The molecule has 1 aromatic rings. The molecule has 0 spiro atoms. The van der Waals surface area contributed by atoms with Gasteiger partial charge in [0.15, 0.2) is 0 Å². The molecule has 1 aliphatic rings. The maximum absolute atomic E-state index is 4.22. The van der Waals surface area contributed by atoms with Gasteiger partial charge in [0.25, 0.3) is 0 Å². The SMILES string of the molecule is CNc1ncnc(NC2CC2(C)C)c1Br. The van der Waals surface area contributed by atoms with Crippen LogP contribution in [0.1, 0.15) is 20.3 Å². The molecule has 2 rings (SSSR count). The van der Waals surface area contributed by atoms with Crippen molar-refractivity contribution in [3.63, 3.8) is 0 Å². The van der Waals surface area contributed by atoms with Crippen LogP contribution in [0.2, 0.25) is 0 Å². The molecule has 1 aromatic heterocycles. The monoisotopic (exact) mass is 270 g/mol. The Labute approximate surface area is 98.0 Å². The van der Waals surface area contributed by atoms with Gasteiger partial charge in [-0.2, -0.15) is 0 Å². The summed E-state index contributed by atoms with van der Waals surface area (Å²) in [4.78, 5) is 8.34. The maximum atomic E-state index is 4.22. The van der Waals surface area contributed by atoms with Crippen LogP contribution in [0.4, 0.5) is 11.6 Å². The number of aromatic nitrogens is 2. The molecular formula is C10H15BrN4. The van der Waals surface area contributed by atoms with E-state index in [0.717, 1.165) is 16.1 Å². The molecule has 2 N–H and O–H groups in total. The predicted molar refractivity (Wildman–Crippen MR) is 65.1 cm³/mol. The highest BCUT2D eigenvalue weighted by Gasteiger charge is 2.46. The second-order valence-corrected chi connectivity index (χ2v) is 5.32. The number of nitrogens with one attached hydrogen (secondary N) is 2. The molecule has 1 unspecified atom stereocenters. The van der Waals surface area contributed by atoms with Gasteiger partial charge in [-0.1, -0.05) is 13.8 Å². The zero-order chi connectivity index (χ0) is 11.1. The van der Waals surface area contributed by atoms with Crippen molar-refractivity contribution in [1.29, 1.82) is 0 Å². The Hall–Kier alpha value is -0.840. The first-order chi connectivity index (χ1) is 7.04. The van der Waals surface area contributed by atoms with E-state index in [2.05, 4.69) is 50.4 Å². The lowest BCUT2D eigenvalue weighted by Crippen LogP contribution is -2.11. The van der Waals surface area contributed by atoms with Gasteiger partial charge in [-0.25, -0.2) is 9.97 Å². The number of anilines is 2. The number of rotatable bonds is 3. The largest absolute Gasteiger partial charge is 0.372 e. The molecule has 5 heteroatoms. The third-order valence-corrected chi connectivity index (χ3v) is 3.60. The Morgan fingerprint density at radius 3 is 2.53 bits per heavy atom. The Morgan fingerprint density at radius 1 is 1.40 bits per heavy atom. The average Bonchev–Trinajstić information content (AvgIpc) is 2.77. The molecule has 1 fully saturated rings. The lowest BCUT2D eigenvalue weighted by molar-refractivity contribution is 0.629. The van der Waals surface area contributed by atoms with Gasteiger partial charge in [-0.3, -0.25) is 0 Å². The van der Waals surface area contributed by atoms with Crippen molar-refractivity contribution in [2.24, 2.45) is 5.41 Å². The summed E-state index contributed by atoms with van der Waals surface area (Å²) >= 11 is 3.49. The highest BCUT2D eigenvalue weighted by molar-refractivity contribution is 9.10. The number of halogens is 1. The van der Waals surface area contributed by atoms with E-state index in [-0.39, 0.29) is 0 Å². The Morgan fingerprint density at radius 2 is 2.00 bits per heavy atom. The van der Waals surface area contributed by atoms with Crippen LogP contribution in [0.3, 0.4) is 0 Å². The molecule has 1 aliphatic carbocycles. The number of hydrogen-bond acceptors (Lipinski definition) is 4. The molecule has 15 heavy (non-hydrogen) atoms. The first kappa shape index (κ1) is 10.7. The summed E-state index contributed by atoms with van der Waals surface area (Å²) in [5.41, 5.74) is 0.393. The topological polar surface area (TPSA) is 49.8 Å². The third-order valence-electron chi connectivity index (χ3n) is 2.85. The number of nitrogens with zero attached hydrogens (tertiary/aromatic N) is 2. The van der Waals surface area contributed by atoms with Gasteiger partial charge in [0.2, 0.25) is 0 Å². The molecule has 0 aromatic carbocycles. The Bertz CT molecular complexity index is 378. The van der Waals surface area contributed by atoms with Crippen molar-refractivity contribution in [3.8, 4) is 0 Å². The van der Waals surface area contributed by atoms with Crippen LogP contribution in [0, 0.1) is 5.41 Å². The van der Waals surface area contributed by atoms with Crippen LogP contribution in [0.25, 0.3) is 0 Å². The van der Waals surface area contributed by atoms with Gasteiger partial charge in [-0.15, -0.1) is 0 Å². The minimum absolute atomic E-state index is 0.393. The summed E-state index contributed by atoms with van der Waals surface area (Å²) in [6.45, 7) is 4.50. The lowest BCUT2D eigenvalue weighted by Gasteiger charge is -2.10. The van der Waals surface area contributed by atoms with Crippen molar-refractivity contribution < 1.29 is 0 Å². The molecular weight excluding hydrogens is 256 g/mol. The second-order valence-electron chi connectivity index (χ2n) is 4.52. The van der Waals surface area contributed by atoms with Crippen LogP contribution in [-0.2, 0) is 0 Å². The van der Waals surface area contributed by atoms with E-state index < -0.39 is 0 Å². The molecule has 1 saturated carbocycles. The molecule has 1 heterocycles. The fraction of sp³-hybridized carbons (Fsp3) is 0.600. The number of hydrogen-bond donors (Lipinski definition) is 2. The minimum atomic E-state index is 0.393. The maximum Gasteiger partial charge on any atom is 0.146 e. The van der Waals surface area contributed by atoms with E-state index >= 15 is 0 Å². The Kier molecular flexibility index (Phi) is 2.58. The van der Waals surface area contributed by atoms with Crippen LogP contribution in [-0.4, -0.2) is 23.1 Å². The smallest absolute Gasteiger partial charge is 0.146 e. The molecule has 0 bridgehead atoms. The van der Waals surface area contributed by atoms with Crippen LogP contribution < -0.4 is 10.6 Å². The van der Waals surface area contributed by atoms with Crippen molar-refractivity contribution >= 4 is 27.6 Å².